The first kappa shape index (κ1) is 23.0. The van der Waals surface area contributed by atoms with Crippen LogP contribution in [0.2, 0.25) is 0 Å². The van der Waals surface area contributed by atoms with Gasteiger partial charge in [0, 0.05) is 11.6 Å². The Kier molecular flexibility index (Phi) is 7.64. The zero-order valence-electron chi connectivity index (χ0n) is 17.5. The van der Waals surface area contributed by atoms with Gasteiger partial charge < -0.3 is 9.47 Å². The maximum atomic E-state index is 13.3. The van der Waals surface area contributed by atoms with Gasteiger partial charge in [0.05, 0.1) is 6.61 Å². The summed E-state index contributed by atoms with van der Waals surface area (Å²) in [4.78, 5) is 37.3. The van der Waals surface area contributed by atoms with Gasteiger partial charge >= 0.3 is 11.9 Å². The van der Waals surface area contributed by atoms with E-state index in [1.54, 1.807) is 58.0 Å². The number of ether oxygens (including phenoxy) is 2. The third kappa shape index (κ3) is 6.65. The average molecular weight is 412 g/mol. The zero-order chi connectivity index (χ0) is 22.3. The topological polar surface area (TPSA) is 69.7 Å². The van der Waals surface area contributed by atoms with Crippen LogP contribution in [0, 0.1) is 5.82 Å². The minimum absolute atomic E-state index is 0.284. The summed E-state index contributed by atoms with van der Waals surface area (Å²) in [6.07, 6.45) is 2.86. The predicted molar refractivity (Wildman–Crippen MR) is 111 cm³/mol. The second-order valence-corrected chi connectivity index (χ2v) is 7.59. The first-order chi connectivity index (χ1) is 14.1. The summed E-state index contributed by atoms with van der Waals surface area (Å²) in [7, 11) is 0. The fourth-order valence-electron chi connectivity index (χ4n) is 2.69. The molecule has 30 heavy (non-hydrogen) atoms. The van der Waals surface area contributed by atoms with E-state index in [1.165, 1.54) is 30.3 Å². The van der Waals surface area contributed by atoms with Gasteiger partial charge in [-0.25, -0.2) is 9.18 Å². The van der Waals surface area contributed by atoms with E-state index in [4.69, 9.17) is 9.47 Å². The summed E-state index contributed by atoms with van der Waals surface area (Å²) < 4.78 is 23.6. The highest BCUT2D eigenvalue weighted by molar-refractivity contribution is 6.13. The molecule has 2 aromatic rings. The Morgan fingerprint density at radius 1 is 1.00 bits per heavy atom. The predicted octanol–water partition coefficient (Wildman–Crippen LogP) is 4.71. The maximum Gasteiger partial charge on any atom is 0.330 e. The normalized spacial score (nSPS) is 12.4. The first-order valence-electron chi connectivity index (χ1n) is 9.58. The molecular weight excluding hydrogens is 387 g/mol. The molecule has 0 radical (unpaired) electrons. The second kappa shape index (κ2) is 9.96. The fraction of sp³-hybridized carbons (Fsp3) is 0.292. The molecule has 0 heterocycles. The molecular formula is C24H25FO5. The molecule has 2 rings (SSSR count). The van der Waals surface area contributed by atoms with Crippen LogP contribution in [0.25, 0.3) is 6.08 Å². The van der Waals surface area contributed by atoms with Crippen molar-refractivity contribution in [3.8, 4) is 0 Å². The smallest absolute Gasteiger partial charge is 0.330 e. The Hall–Kier alpha value is -3.28. The van der Waals surface area contributed by atoms with Crippen LogP contribution in [0.1, 0.15) is 55.1 Å². The van der Waals surface area contributed by atoms with E-state index >= 15 is 0 Å². The van der Waals surface area contributed by atoms with E-state index in [0.717, 1.165) is 0 Å². The standard InChI is InChI=1S/C24H25FO5/c1-5-29-20(26)15-8-16-6-9-18(10-7-16)22(27)21(23(28)30-24(2,3)4)17-11-13-19(25)14-12-17/h6-15,21H,5H2,1-4H3/b15-8+. The van der Waals surface area contributed by atoms with Crippen molar-refractivity contribution in [2.45, 2.75) is 39.2 Å². The van der Waals surface area contributed by atoms with Crippen LogP contribution >= 0.6 is 0 Å². The molecule has 0 aliphatic rings. The molecule has 0 saturated heterocycles. The van der Waals surface area contributed by atoms with Crippen LogP contribution in [-0.4, -0.2) is 29.9 Å². The van der Waals surface area contributed by atoms with Gasteiger partial charge in [-0.05, 0) is 57.0 Å². The van der Waals surface area contributed by atoms with Crippen molar-refractivity contribution in [1.82, 2.24) is 0 Å². The summed E-state index contributed by atoms with van der Waals surface area (Å²) in [6.45, 7) is 7.13. The number of rotatable bonds is 7. The quantitative estimate of drug-likeness (QED) is 0.285. The third-order valence-corrected chi connectivity index (χ3v) is 4.00. The number of esters is 2. The van der Waals surface area contributed by atoms with Gasteiger partial charge in [0.25, 0.3) is 0 Å². The van der Waals surface area contributed by atoms with Crippen molar-refractivity contribution >= 4 is 23.8 Å². The lowest BCUT2D eigenvalue weighted by atomic mass is 9.90. The SMILES string of the molecule is CCOC(=O)/C=C/c1ccc(C(=O)C(C(=O)OC(C)(C)C)c2ccc(F)cc2)cc1. The molecule has 0 amide bonds. The zero-order valence-corrected chi connectivity index (χ0v) is 17.5. The molecule has 158 valence electrons. The first-order valence-corrected chi connectivity index (χ1v) is 9.58. The second-order valence-electron chi connectivity index (χ2n) is 7.59. The molecule has 0 aliphatic heterocycles. The number of carbonyl (C=O) groups excluding carboxylic acids is 3. The van der Waals surface area contributed by atoms with Gasteiger partial charge in [0.15, 0.2) is 5.78 Å². The minimum atomic E-state index is -1.22. The lowest BCUT2D eigenvalue weighted by molar-refractivity contribution is -0.155. The van der Waals surface area contributed by atoms with Crippen molar-refractivity contribution in [2.24, 2.45) is 0 Å². The lowest BCUT2D eigenvalue weighted by Crippen LogP contribution is -2.31. The largest absolute Gasteiger partial charge is 0.463 e. The number of hydrogen-bond acceptors (Lipinski definition) is 5. The molecule has 0 saturated carbocycles. The summed E-state index contributed by atoms with van der Waals surface area (Å²) in [5.74, 6) is -3.31. The Labute approximate surface area is 175 Å². The summed E-state index contributed by atoms with van der Waals surface area (Å²) in [6, 6.07) is 11.6. The molecule has 1 unspecified atom stereocenters. The Bertz CT molecular complexity index is 922. The lowest BCUT2D eigenvalue weighted by Gasteiger charge is -2.23. The summed E-state index contributed by atoms with van der Waals surface area (Å²) in [5, 5.41) is 0. The highest BCUT2D eigenvalue weighted by Crippen LogP contribution is 2.26. The van der Waals surface area contributed by atoms with Crippen molar-refractivity contribution in [3.63, 3.8) is 0 Å². The summed E-state index contributed by atoms with van der Waals surface area (Å²) in [5.41, 5.74) is 0.554. The van der Waals surface area contributed by atoms with Crippen LogP contribution in [0.3, 0.4) is 0 Å². The molecule has 0 N–H and O–H groups in total. The molecule has 0 aliphatic carbocycles. The molecule has 0 fully saturated rings. The van der Waals surface area contributed by atoms with Crippen molar-refractivity contribution < 1.29 is 28.2 Å². The number of hydrogen-bond donors (Lipinski definition) is 0. The maximum absolute atomic E-state index is 13.3. The van der Waals surface area contributed by atoms with E-state index in [1.807, 2.05) is 0 Å². The van der Waals surface area contributed by atoms with Gasteiger partial charge in [-0.3, -0.25) is 9.59 Å². The highest BCUT2D eigenvalue weighted by atomic mass is 19.1. The van der Waals surface area contributed by atoms with Gasteiger partial charge in [-0.15, -0.1) is 0 Å². The molecule has 0 bridgehead atoms. The van der Waals surface area contributed by atoms with Crippen LogP contribution in [0.4, 0.5) is 4.39 Å². The van der Waals surface area contributed by atoms with Crippen LogP contribution in [0.15, 0.2) is 54.6 Å². The van der Waals surface area contributed by atoms with Crippen LogP contribution < -0.4 is 0 Å². The molecule has 5 nitrogen and oxygen atoms in total. The monoisotopic (exact) mass is 412 g/mol. The number of ketones is 1. The Morgan fingerprint density at radius 3 is 2.13 bits per heavy atom. The van der Waals surface area contributed by atoms with Crippen LogP contribution in [0.5, 0.6) is 0 Å². The fourth-order valence-corrected chi connectivity index (χ4v) is 2.69. The Balaban J connectivity index is 2.30. The van der Waals surface area contributed by atoms with Crippen molar-refractivity contribution in [2.75, 3.05) is 6.61 Å². The minimum Gasteiger partial charge on any atom is -0.463 e. The van der Waals surface area contributed by atoms with Crippen molar-refractivity contribution in [3.05, 3.63) is 77.1 Å². The average Bonchev–Trinajstić information content (AvgIpc) is 2.67. The highest BCUT2D eigenvalue weighted by Gasteiger charge is 2.33. The van der Waals surface area contributed by atoms with E-state index < -0.39 is 35.1 Å². The molecule has 2 aromatic carbocycles. The van der Waals surface area contributed by atoms with E-state index in [2.05, 4.69) is 0 Å². The van der Waals surface area contributed by atoms with Gasteiger partial charge in [-0.2, -0.15) is 0 Å². The van der Waals surface area contributed by atoms with Gasteiger partial charge in [0.2, 0.25) is 0 Å². The van der Waals surface area contributed by atoms with Crippen LogP contribution in [-0.2, 0) is 19.1 Å². The van der Waals surface area contributed by atoms with Gasteiger partial charge in [-0.1, -0.05) is 36.4 Å². The Morgan fingerprint density at radius 2 is 1.60 bits per heavy atom. The molecule has 1 atom stereocenters. The molecule has 6 heteroatoms. The van der Waals surface area contributed by atoms with Crippen molar-refractivity contribution in [1.29, 1.82) is 0 Å². The summed E-state index contributed by atoms with van der Waals surface area (Å²) >= 11 is 0. The number of Topliss-reactive ketones (excluding diaryl/α,β-unsaturated/α-hetero) is 1. The van der Waals surface area contributed by atoms with Gasteiger partial charge in [0.1, 0.15) is 17.3 Å². The number of halogens is 1. The van der Waals surface area contributed by atoms with E-state index in [9.17, 15) is 18.8 Å². The van der Waals surface area contributed by atoms with E-state index in [0.29, 0.717) is 16.7 Å². The van der Waals surface area contributed by atoms with E-state index in [-0.39, 0.29) is 6.61 Å². The molecule has 0 spiro atoms. The molecule has 0 aromatic heterocycles. The number of carbonyl (C=O) groups is 3. The number of benzene rings is 2. The third-order valence-electron chi connectivity index (χ3n) is 4.00.